The topological polar surface area (TPSA) is 55.1 Å². The van der Waals surface area contributed by atoms with Crippen LogP contribution in [0.2, 0.25) is 0 Å². The summed E-state index contributed by atoms with van der Waals surface area (Å²) in [7, 11) is 1.76. The molecule has 0 aliphatic heterocycles. The first kappa shape index (κ1) is 13.3. The third-order valence-electron chi connectivity index (χ3n) is 3.12. The molecule has 5 heteroatoms. The van der Waals surface area contributed by atoms with Gasteiger partial charge in [0.05, 0.1) is 12.1 Å². The first-order valence-corrected chi connectivity index (χ1v) is 5.98. The minimum absolute atomic E-state index is 0.321. The number of aromatic nitrogens is 2. The zero-order valence-corrected chi connectivity index (χ0v) is 10.8. The van der Waals surface area contributed by atoms with Crippen molar-refractivity contribution in [2.75, 3.05) is 0 Å². The maximum absolute atomic E-state index is 13.3. The summed E-state index contributed by atoms with van der Waals surface area (Å²) in [4.78, 5) is 10.9. The van der Waals surface area contributed by atoms with Gasteiger partial charge in [0, 0.05) is 24.7 Å². The average Bonchev–Trinajstić information content (AvgIpc) is 2.71. The number of carbonyl (C=O) groups is 1. The van der Waals surface area contributed by atoms with Gasteiger partial charge in [0.25, 0.3) is 0 Å². The number of hydrogen-bond acceptors (Lipinski definition) is 2. The van der Waals surface area contributed by atoms with Gasteiger partial charge in [-0.05, 0) is 17.7 Å². The van der Waals surface area contributed by atoms with E-state index in [1.807, 2.05) is 0 Å². The molecule has 1 heterocycles. The van der Waals surface area contributed by atoms with E-state index < -0.39 is 11.9 Å². The maximum atomic E-state index is 13.3. The van der Waals surface area contributed by atoms with Gasteiger partial charge >= 0.3 is 5.97 Å². The lowest BCUT2D eigenvalue weighted by Crippen LogP contribution is -2.15. The Morgan fingerprint density at radius 3 is 2.89 bits per heavy atom. The number of halogens is 1. The van der Waals surface area contributed by atoms with Crippen LogP contribution >= 0.6 is 0 Å². The van der Waals surface area contributed by atoms with Crippen LogP contribution in [0.4, 0.5) is 4.39 Å². The molecule has 1 unspecified atom stereocenters. The van der Waals surface area contributed by atoms with Crippen LogP contribution in [0.1, 0.15) is 12.6 Å². The molecule has 1 atom stereocenters. The highest BCUT2D eigenvalue weighted by molar-refractivity contribution is 5.71. The van der Waals surface area contributed by atoms with Crippen LogP contribution < -0.4 is 0 Å². The van der Waals surface area contributed by atoms with Crippen molar-refractivity contribution in [3.05, 3.63) is 42.0 Å². The fraction of sp³-hybridized carbons (Fsp3) is 0.286. The normalized spacial score (nSPS) is 12.4. The number of carboxylic acids is 1. The van der Waals surface area contributed by atoms with Crippen LogP contribution in [0.5, 0.6) is 0 Å². The van der Waals surface area contributed by atoms with E-state index in [1.165, 1.54) is 12.1 Å². The summed E-state index contributed by atoms with van der Waals surface area (Å²) in [6, 6.07) is 6.21. The van der Waals surface area contributed by atoms with Crippen molar-refractivity contribution < 1.29 is 14.3 Å². The van der Waals surface area contributed by atoms with E-state index in [9.17, 15) is 9.18 Å². The number of carboxylic acid groups (broad SMARTS) is 1. The molecule has 19 heavy (non-hydrogen) atoms. The van der Waals surface area contributed by atoms with Gasteiger partial charge in [0.2, 0.25) is 0 Å². The van der Waals surface area contributed by atoms with Crippen molar-refractivity contribution in [2.24, 2.45) is 13.0 Å². The fourth-order valence-electron chi connectivity index (χ4n) is 1.98. The molecule has 100 valence electrons. The molecule has 0 radical (unpaired) electrons. The maximum Gasteiger partial charge on any atom is 0.306 e. The number of aryl methyl sites for hydroxylation is 1. The highest BCUT2D eigenvalue weighted by atomic mass is 19.1. The third kappa shape index (κ3) is 2.81. The van der Waals surface area contributed by atoms with Gasteiger partial charge in [0.1, 0.15) is 5.82 Å². The first-order chi connectivity index (χ1) is 8.99. The molecule has 0 amide bonds. The Bertz CT molecular complexity index is 607. The van der Waals surface area contributed by atoms with E-state index in [-0.39, 0.29) is 5.82 Å². The van der Waals surface area contributed by atoms with Crippen LogP contribution in [0.15, 0.2) is 30.5 Å². The van der Waals surface area contributed by atoms with E-state index in [0.717, 1.165) is 11.3 Å². The predicted octanol–water partition coefficient (Wildman–Crippen LogP) is 2.49. The van der Waals surface area contributed by atoms with E-state index in [2.05, 4.69) is 5.10 Å². The Balaban J connectivity index is 2.40. The highest BCUT2D eigenvalue weighted by Gasteiger charge is 2.18. The van der Waals surface area contributed by atoms with Crippen molar-refractivity contribution in [3.8, 4) is 11.1 Å². The van der Waals surface area contributed by atoms with Gasteiger partial charge in [-0.3, -0.25) is 9.48 Å². The van der Waals surface area contributed by atoms with Crippen LogP contribution in [0, 0.1) is 11.7 Å². The smallest absolute Gasteiger partial charge is 0.306 e. The Labute approximate surface area is 110 Å². The van der Waals surface area contributed by atoms with Crippen molar-refractivity contribution in [3.63, 3.8) is 0 Å². The van der Waals surface area contributed by atoms with Crippen molar-refractivity contribution >= 4 is 5.97 Å². The predicted molar refractivity (Wildman–Crippen MR) is 69.1 cm³/mol. The quantitative estimate of drug-likeness (QED) is 0.921. The monoisotopic (exact) mass is 262 g/mol. The molecular weight excluding hydrogens is 247 g/mol. The fourth-order valence-corrected chi connectivity index (χ4v) is 1.98. The molecule has 2 rings (SSSR count). The average molecular weight is 262 g/mol. The molecule has 1 aromatic heterocycles. The second kappa shape index (κ2) is 5.22. The van der Waals surface area contributed by atoms with Gasteiger partial charge in [-0.15, -0.1) is 0 Å². The molecule has 0 spiro atoms. The zero-order valence-electron chi connectivity index (χ0n) is 10.8. The van der Waals surface area contributed by atoms with Gasteiger partial charge in [0.15, 0.2) is 0 Å². The van der Waals surface area contributed by atoms with E-state index in [4.69, 9.17) is 5.11 Å². The number of aliphatic carboxylic acids is 1. The van der Waals surface area contributed by atoms with Crippen LogP contribution in [-0.4, -0.2) is 20.9 Å². The van der Waals surface area contributed by atoms with Gasteiger partial charge < -0.3 is 5.11 Å². The van der Waals surface area contributed by atoms with Crippen LogP contribution in [-0.2, 0) is 18.3 Å². The second-order valence-corrected chi connectivity index (χ2v) is 4.58. The molecular formula is C14H15FN2O2. The lowest BCUT2D eigenvalue weighted by atomic mass is 9.99. The Hall–Kier alpha value is -2.17. The van der Waals surface area contributed by atoms with Crippen molar-refractivity contribution in [1.29, 1.82) is 0 Å². The molecule has 0 bridgehead atoms. The number of nitrogens with zero attached hydrogens (tertiary/aromatic N) is 2. The summed E-state index contributed by atoms with van der Waals surface area (Å²) in [6.45, 7) is 1.64. The largest absolute Gasteiger partial charge is 0.481 e. The van der Waals surface area contributed by atoms with Gasteiger partial charge in [-0.2, -0.15) is 5.10 Å². The van der Waals surface area contributed by atoms with Crippen LogP contribution in [0.25, 0.3) is 11.1 Å². The summed E-state index contributed by atoms with van der Waals surface area (Å²) < 4.78 is 14.9. The summed E-state index contributed by atoms with van der Waals surface area (Å²) >= 11 is 0. The molecule has 2 aromatic rings. The van der Waals surface area contributed by atoms with Gasteiger partial charge in [-0.25, -0.2) is 4.39 Å². The number of rotatable bonds is 4. The number of benzene rings is 1. The molecule has 0 saturated heterocycles. The first-order valence-electron chi connectivity index (χ1n) is 5.98. The van der Waals surface area contributed by atoms with E-state index in [0.29, 0.717) is 12.0 Å². The minimum Gasteiger partial charge on any atom is -0.481 e. The lowest BCUT2D eigenvalue weighted by molar-refractivity contribution is -0.141. The number of hydrogen-bond donors (Lipinski definition) is 1. The molecule has 1 N–H and O–H groups in total. The summed E-state index contributed by atoms with van der Waals surface area (Å²) in [6.07, 6.45) is 2.00. The Kier molecular flexibility index (Phi) is 3.64. The molecule has 0 aliphatic rings. The van der Waals surface area contributed by atoms with E-state index >= 15 is 0 Å². The zero-order chi connectivity index (χ0) is 14.0. The second-order valence-electron chi connectivity index (χ2n) is 4.58. The summed E-state index contributed by atoms with van der Waals surface area (Å²) in [5, 5.41) is 13.1. The standard InChI is InChI=1S/C14H15FN2O2/c1-9(14(18)19)6-13-12(8-16-17(13)2)10-4-3-5-11(15)7-10/h3-5,7-9H,6H2,1-2H3,(H,18,19). The summed E-state index contributed by atoms with van der Waals surface area (Å²) in [5.41, 5.74) is 2.27. The molecule has 0 aliphatic carbocycles. The lowest BCUT2D eigenvalue weighted by Gasteiger charge is -2.09. The van der Waals surface area contributed by atoms with E-state index in [1.54, 1.807) is 37.0 Å². The molecule has 0 saturated carbocycles. The third-order valence-corrected chi connectivity index (χ3v) is 3.12. The highest BCUT2D eigenvalue weighted by Crippen LogP contribution is 2.25. The Morgan fingerprint density at radius 1 is 1.53 bits per heavy atom. The van der Waals surface area contributed by atoms with Crippen molar-refractivity contribution in [2.45, 2.75) is 13.3 Å². The summed E-state index contributed by atoms with van der Waals surface area (Å²) in [5.74, 6) is -1.69. The Morgan fingerprint density at radius 2 is 2.26 bits per heavy atom. The molecule has 4 nitrogen and oxygen atoms in total. The van der Waals surface area contributed by atoms with Crippen molar-refractivity contribution in [1.82, 2.24) is 9.78 Å². The van der Waals surface area contributed by atoms with Crippen LogP contribution in [0.3, 0.4) is 0 Å². The molecule has 1 aromatic carbocycles. The SMILES string of the molecule is CC(Cc1c(-c2cccc(F)c2)cnn1C)C(=O)O. The molecule has 0 fully saturated rings. The van der Waals surface area contributed by atoms with Gasteiger partial charge in [-0.1, -0.05) is 19.1 Å². The minimum atomic E-state index is -0.855.